The molecule has 1 fully saturated rings. The highest BCUT2D eigenvalue weighted by atomic mass is 16.1. The summed E-state index contributed by atoms with van der Waals surface area (Å²) in [5, 5.41) is 3.09. The Morgan fingerprint density at radius 2 is 1.75 bits per heavy atom. The van der Waals surface area contributed by atoms with Gasteiger partial charge in [-0.15, -0.1) is 0 Å². The van der Waals surface area contributed by atoms with Crippen molar-refractivity contribution in [3.8, 4) is 5.82 Å². The molecule has 1 aliphatic heterocycles. The maximum absolute atomic E-state index is 12.8. The molecule has 0 spiro atoms. The minimum atomic E-state index is 0.00547. The van der Waals surface area contributed by atoms with Gasteiger partial charge in [0.1, 0.15) is 23.8 Å². The molecule has 1 aliphatic rings. The second-order valence-electron chi connectivity index (χ2n) is 8.05. The summed E-state index contributed by atoms with van der Waals surface area (Å²) in [5.74, 6) is 2.67. The monoisotopic (exact) mass is 433 g/mol. The van der Waals surface area contributed by atoms with Crippen molar-refractivity contribution in [1.82, 2.24) is 19.5 Å². The fourth-order valence-electron chi connectivity index (χ4n) is 4.22. The van der Waals surface area contributed by atoms with Gasteiger partial charge in [0.2, 0.25) is 5.91 Å². The van der Waals surface area contributed by atoms with E-state index in [-0.39, 0.29) is 11.8 Å². The number of amides is 1. The fourth-order valence-corrected chi connectivity index (χ4v) is 4.22. The third-order valence-electron chi connectivity index (χ3n) is 6.16. The molecule has 0 bridgehead atoms. The van der Waals surface area contributed by atoms with Crippen LogP contribution in [0.2, 0.25) is 0 Å². The lowest BCUT2D eigenvalue weighted by atomic mass is 9.96. The summed E-state index contributed by atoms with van der Waals surface area (Å²) in [6.45, 7) is 9.76. The van der Waals surface area contributed by atoms with Crippen molar-refractivity contribution in [2.75, 3.05) is 41.3 Å². The lowest BCUT2D eigenvalue weighted by molar-refractivity contribution is -0.120. The maximum Gasteiger partial charge on any atom is 0.227 e. The number of piperidine rings is 1. The first-order valence-electron chi connectivity index (χ1n) is 11.3. The zero-order chi connectivity index (χ0) is 22.5. The van der Waals surface area contributed by atoms with Crippen LogP contribution in [0.15, 0.2) is 49.1 Å². The molecule has 8 nitrogen and oxygen atoms in total. The topological polar surface area (TPSA) is 79.2 Å². The van der Waals surface area contributed by atoms with Gasteiger partial charge < -0.3 is 15.1 Å². The molecule has 0 aliphatic carbocycles. The summed E-state index contributed by atoms with van der Waals surface area (Å²) in [6.07, 6.45) is 6.84. The highest BCUT2D eigenvalue weighted by molar-refractivity contribution is 5.92. The van der Waals surface area contributed by atoms with E-state index in [9.17, 15) is 4.79 Å². The van der Waals surface area contributed by atoms with Gasteiger partial charge in [-0.3, -0.25) is 9.36 Å². The lowest BCUT2D eigenvalue weighted by Gasteiger charge is -2.32. The summed E-state index contributed by atoms with van der Waals surface area (Å²) in [6, 6.07) is 10.1. The number of hydrogen-bond donors (Lipinski definition) is 1. The highest BCUT2D eigenvalue weighted by Crippen LogP contribution is 2.25. The number of nitrogens with zero attached hydrogens (tertiary/aromatic N) is 6. The van der Waals surface area contributed by atoms with E-state index in [1.54, 1.807) is 12.5 Å². The Balaban J connectivity index is 1.34. The third-order valence-corrected chi connectivity index (χ3v) is 6.16. The maximum atomic E-state index is 12.8. The Labute approximate surface area is 189 Å². The molecule has 0 atom stereocenters. The highest BCUT2D eigenvalue weighted by Gasteiger charge is 2.26. The summed E-state index contributed by atoms with van der Waals surface area (Å²) in [5.41, 5.74) is 2.03. The molecule has 1 N–H and O–H groups in total. The van der Waals surface area contributed by atoms with Crippen molar-refractivity contribution in [2.45, 2.75) is 33.6 Å². The Morgan fingerprint density at radius 3 is 2.38 bits per heavy atom. The number of aryl methyl sites for hydroxylation is 1. The quantitative estimate of drug-likeness (QED) is 0.612. The van der Waals surface area contributed by atoms with Gasteiger partial charge in [0.05, 0.1) is 0 Å². The smallest absolute Gasteiger partial charge is 0.227 e. The molecule has 1 amide bonds. The van der Waals surface area contributed by atoms with Gasteiger partial charge >= 0.3 is 0 Å². The minimum absolute atomic E-state index is 0.00547. The first kappa shape index (κ1) is 21.8. The van der Waals surface area contributed by atoms with Crippen LogP contribution in [0, 0.1) is 12.8 Å². The molecule has 1 saturated heterocycles. The zero-order valence-corrected chi connectivity index (χ0v) is 19.0. The van der Waals surface area contributed by atoms with Crippen LogP contribution in [0.5, 0.6) is 0 Å². The molecule has 0 radical (unpaired) electrons. The van der Waals surface area contributed by atoms with E-state index < -0.39 is 0 Å². The standard InChI is InChI=1S/C24H31N7O/c1-4-29(5-2)21-8-6-20(7-9-21)28-24(32)19-10-13-30(14-11-19)22-16-23(27-17-26-22)31-15-12-25-18(31)3/h6-9,12,15-17,19H,4-5,10-11,13-14H2,1-3H3,(H,28,32). The van der Waals surface area contributed by atoms with Crippen LogP contribution in [0.25, 0.3) is 5.82 Å². The average molecular weight is 434 g/mol. The van der Waals surface area contributed by atoms with E-state index in [1.807, 2.05) is 35.9 Å². The van der Waals surface area contributed by atoms with Crippen molar-refractivity contribution >= 4 is 23.1 Å². The Bertz CT molecular complexity index is 1030. The van der Waals surface area contributed by atoms with Gasteiger partial charge in [-0.05, 0) is 57.9 Å². The number of rotatable bonds is 7. The summed E-state index contributed by atoms with van der Waals surface area (Å²) in [4.78, 5) is 30.4. The normalized spacial score (nSPS) is 14.4. The number of imidazole rings is 1. The van der Waals surface area contributed by atoms with Gasteiger partial charge in [-0.1, -0.05) is 0 Å². The van der Waals surface area contributed by atoms with Crippen LogP contribution in [0.4, 0.5) is 17.2 Å². The molecule has 0 saturated carbocycles. The molecule has 3 aromatic rings. The number of carbonyl (C=O) groups is 1. The van der Waals surface area contributed by atoms with Crippen molar-refractivity contribution in [3.05, 3.63) is 54.9 Å². The van der Waals surface area contributed by atoms with Crippen LogP contribution in [-0.2, 0) is 4.79 Å². The predicted molar refractivity (Wildman–Crippen MR) is 127 cm³/mol. The summed E-state index contributed by atoms with van der Waals surface area (Å²) in [7, 11) is 0. The van der Waals surface area contributed by atoms with Gasteiger partial charge in [0.15, 0.2) is 0 Å². The van der Waals surface area contributed by atoms with Crippen molar-refractivity contribution in [2.24, 2.45) is 5.92 Å². The molecular formula is C24H31N7O. The summed E-state index contributed by atoms with van der Waals surface area (Å²) < 4.78 is 1.94. The average Bonchev–Trinajstić information content (AvgIpc) is 3.27. The van der Waals surface area contributed by atoms with Crippen molar-refractivity contribution in [3.63, 3.8) is 0 Å². The molecule has 0 unspecified atom stereocenters. The number of benzene rings is 1. The van der Waals surface area contributed by atoms with Gasteiger partial charge in [-0.25, -0.2) is 15.0 Å². The van der Waals surface area contributed by atoms with Crippen LogP contribution in [0.1, 0.15) is 32.5 Å². The third kappa shape index (κ3) is 4.74. The van der Waals surface area contributed by atoms with E-state index in [0.29, 0.717) is 0 Å². The Hall–Kier alpha value is -3.42. The Morgan fingerprint density at radius 1 is 1.06 bits per heavy atom. The van der Waals surface area contributed by atoms with E-state index in [2.05, 4.69) is 56.0 Å². The Kier molecular flexibility index (Phi) is 6.68. The largest absolute Gasteiger partial charge is 0.372 e. The van der Waals surface area contributed by atoms with Crippen LogP contribution in [0.3, 0.4) is 0 Å². The van der Waals surface area contributed by atoms with E-state index in [4.69, 9.17) is 0 Å². The molecule has 1 aromatic carbocycles. The molecule has 2 aromatic heterocycles. The molecular weight excluding hydrogens is 402 g/mol. The number of aromatic nitrogens is 4. The molecule has 32 heavy (non-hydrogen) atoms. The van der Waals surface area contributed by atoms with Gasteiger partial charge in [0.25, 0.3) is 0 Å². The van der Waals surface area contributed by atoms with E-state index in [0.717, 1.165) is 62.2 Å². The second kappa shape index (κ2) is 9.80. The number of anilines is 3. The van der Waals surface area contributed by atoms with Crippen LogP contribution in [-0.4, -0.2) is 51.6 Å². The molecule has 3 heterocycles. The molecule has 168 valence electrons. The first-order valence-corrected chi connectivity index (χ1v) is 11.3. The van der Waals surface area contributed by atoms with Crippen LogP contribution < -0.4 is 15.1 Å². The van der Waals surface area contributed by atoms with Gasteiger partial charge in [-0.2, -0.15) is 0 Å². The first-order chi connectivity index (χ1) is 15.6. The SMILES string of the molecule is CCN(CC)c1ccc(NC(=O)C2CCN(c3cc(-n4ccnc4C)ncn3)CC2)cc1. The molecule has 4 rings (SSSR count). The number of nitrogens with one attached hydrogen (secondary N) is 1. The molecule has 8 heteroatoms. The van der Waals surface area contributed by atoms with Crippen molar-refractivity contribution < 1.29 is 4.79 Å². The van der Waals surface area contributed by atoms with Gasteiger partial charge in [0, 0.05) is 61.9 Å². The van der Waals surface area contributed by atoms with Crippen molar-refractivity contribution in [1.29, 1.82) is 0 Å². The minimum Gasteiger partial charge on any atom is -0.372 e. The number of carbonyl (C=O) groups excluding carboxylic acids is 1. The fraction of sp³-hybridized carbons (Fsp3) is 0.417. The van der Waals surface area contributed by atoms with E-state index in [1.165, 1.54) is 5.69 Å². The number of hydrogen-bond acceptors (Lipinski definition) is 6. The zero-order valence-electron chi connectivity index (χ0n) is 19.0. The van der Waals surface area contributed by atoms with E-state index >= 15 is 0 Å². The predicted octanol–water partition coefficient (Wildman–Crippen LogP) is 3.67. The lowest BCUT2D eigenvalue weighted by Crippen LogP contribution is -2.38. The van der Waals surface area contributed by atoms with Crippen LogP contribution >= 0.6 is 0 Å². The summed E-state index contributed by atoms with van der Waals surface area (Å²) >= 11 is 0. The second-order valence-corrected chi connectivity index (χ2v) is 8.05.